The smallest absolute Gasteiger partial charge is 0.274 e. The van der Waals surface area contributed by atoms with E-state index in [1.165, 1.54) is 5.56 Å². The van der Waals surface area contributed by atoms with Gasteiger partial charge in [-0.1, -0.05) is 17.7 Å². The Hall–Kier alpha value is -2.14. The van der Waals surface area contributed by atoms with Gasteiger partial charge in [0.15, 0.2) is 0 Å². The zero-order chi connectivity index (χ0) is 14.8. The van der Waals surface area contributed by atoms with Gasteiger partial charge < -0.3 is 14.4 Å². The van der Waals surface area contributed by atoms with E-state index in [-0.39, 0.29) is 5.91 Å². The van der Waals surface area contributed by atoms with Crippen LogP contribution in [0.15, 0.2) is 36.8 Å². The Kier molecular flexibility index (Phi) is 3.75. The summed E-state index contributed by atoms with van der Waals surface area (Å²) in [5.41, 5.74) is 2.75. The van der Waals surface area contributed by atoms with Crippen molar-refractivity contribution < 1.29 is 4.79 Å². The number of carbonyl (C=O) groups excluding carboxylic acids is 1. The number of imidazole rings is 1. The van der Waals surface area contributed by atoms with Gasteiger partial charge in [0.25, 0.3) is 5.91 Å². The molecule has 110 valence electrons. The van der Waals surface area contributed by atoms with Crippen molar-refractivity contribution in [2.45, 2.75) is 6.92 Å². The first-order valence-electron chi connectivity index (χ1n) is 7.22. The predicted molar refractivity (Wildman–Crippen MR) is 81.7 cm³/mol. The average molecular weight is 284 g/mol. The minimum Gasteiger partial charge on any atom is -0.335 e. The van der Waals surface area contributed by atoms with Crippen molar-refractivity contribution in [3.8, 4) is 5.69 Å². The number of piperazine rings is 1. The highest BCUT2D eigenvalue weighted by atomic mass is 16.2. The maximum atomic E-state index is 12.4. The average Bonchev–Trinajstić information content (AvgIpc) is 2.98. The lowest BCUT2D eigenvalue weighted by Crippen LogP contribution is -2.47. The van der Waals surface area contributed by atoms with Crippen LogP contribution in [0.4, 0.5) is 0 Å². The fourth-order valence-corrected chi connectivity index (χ4v) is 2.46. The van der Waals surface area contributed by atoms with Gasteiger partial charge in [-0.05, 0) is 26.1 Å². The lowest BCUT2D eigenvalue weighted by molar-refractivity contribution is 0.0658. The third-order valence-corrected chi connectivity index (χ3v) is 3.92. The number of hydrogen-bond acceptors (Lipinski definition) is 3. The molecule has 1 aromatic heterocycles. The molecule has 1 aliphatic rings. The molecule has 0 radical (unpaired) electrons. The summed E-state index contributed by atoms with van der Waals surface area (Å²) in [5.74, 6) is 0.0222. The molecule has 5 heteroatoms. The highest BCUT2D eigenvalue weighted by molar-refractivity contribution is 5.92. The van der Waals surface area contributed by atoms with Crippen LogP contribution in [0.1, 0.15) is 16.1 Å². The first-order chi connectivity index (χ1) is 10.1. The number of rotatable bonds is 2. The number of benzene rings is 1. The van der Waals surface area contributed by atoms with E-state index < -0.39 is 0 Å². The van der Waals surface area contributed by atoms with Crippen LogP contribution in [0.2, 0.25) is 0 Å². The second-order valence-corrected chi connectivity index (χ2v) is 5.60. The molecule has 21 heavy (non-hydrogen) atoms. The van der Waals surface area contributed by atoms with Crippen molar-refractivity contribution >= 4 is 5.91 Å². The summed E-state index contributed by atoms with van der Waals surface area (Å²) in [6.45, 7) is 5.44. The highest BCUT2D eigenvalue weighted by Crippen LogP contribution is 2.12. The first-order valence-corrected chi connectivity index (χ1v) is 7.22. The molecule has 0 bridgehead atoms. The molecule has 1 aliphatic heterocycles. The molecule has 3 rings (SSSR count). The molecule has 0 unspecified atom stereocenters. The normalized spacial score (nSPS) is 16.2. The number of aromatic nitrogens is 2. The Labute approximate surface area is 124 Å². The van der Waals surface area contributed by atoms with E-state index in [9.17, 15) is 4.79 Å². The molecule has 0 spiro atoms. The van der Waals surface area contributed by atoms with Crippen LogP contribution in [-0.4, -0.2) is 58.5 Å². The predicted octanol–water partition coefficient (Wildman–Crippen LogP) is 1.57. The molecular weight excluding hydrogens is 264 g/mol. The van der Waals surface area contributed by atoms with Gasteiger partial charge in [-0.3, -0.25) is 4.79 Å². The number of amides is 1. The molecule has 1 saturated heterocycles. The zero-order valence-corrected chi connectivity index (χ0v) is 12.5. The van der Waals surface area contributed by atoms with Crippen LogP contribution in [0, 0.1) is 6.92 Å². The minimum absolute atomic E-state index is 0.0222. The summed E-state index contributed by atoms with van der Waals surface area (Å²) in [4.78, 5) is 20.8. The molecule has 0 atom stereocenters. The molecule has 1 amide bonds. The van der Waals surface area contributed by atoms with Gasteiger partial charge in [-0.25, -0.2) is 4.98 Å². The third kappa shape index (κ3) is 2.97. The monoisotopic (exact) mass is 284 g/mol. The van der Waals surface area contributed by atoms with E-state index >= 15 is 0 Å². The van der Waals surface area contributed by atoms with Crippen molar-refractivity contribution in [1.29, 1.82) is 0 Å². The number of aryl methyl sites for hydroxylation is 1. The second-order valence-electron chi connectivity index (χ2n) is 5.60. The Morgan fingerprint density at radius 3 is 2.43 bits per heavy atom. The quantitative estimate of drug-likeness (QED) is 0.840. The molecule has 1 aromatic carbocycles. The largest absolute Gasteiger partial charge is 0.335 e. The lowest BCUT2D eigenvalue weighted by atomic mass is 10.2. The van der Waals surface area contributed by atoms with E-state index in [0.717, 1.165) is 31.9 Å². The van der Waals surface area contributed by atoms with Crippen LogP contribution in [-0.2, 0) is 0 Å². The van der Waals surface area contributed by atoms with Gasteiger partial charge in [-0.15, -0.1) is 0 Å². The molecule has 1 fully saturated rings. The van der Waals surface area contributed by atoms with Crippen molar-refractivity contribution in [2.75, 3.05) is 33.2 Å². The van der Waals surface area contributed by atoms with Crippen molar-refractivity contribution in [1.82, 2.24) is 19.4 Å². The maximum Gasteiger partial charge on any atom is 0.274 e. The van der Waals surface area contributed by atoms with Crippen LogP contribution in [0.25, 0.3) is 5.69 Å². The SMILES string of the molecule is Cc1ccc(-n2cnc(C(=O)N3CCN(C)CC3)c2)cc1. The van der Waals surface area contributed by atoms with Gasteiger partial charge in [0, 0.05) is 38.1 Å². The molecule has 0 aliphatic carbocycles. The molecule has 2 heterocycles. The first kappa shape index (κ1) is 13.8. The Bertz CT molecular complexity index is 624. The fraction of sp³-hybridized carbons (Fsp3) is 0.375. The molecule has 0 saturated carbocycles. The number of nitrogens with zero attached hydrogens (tertiary/aromatic N) is 4. The van der Waals surface area contributed by atoms with Crippen molar-refractivity contribution in [3.05, 3.63) is 48.0 Å². The van der Waals surface area contributed by atoms with E-state index in [0.29, 0.717) is 5.69 Å². The van der Waals surface area contributed by atoms with E-state index in [1.54, 1.807) is 6.33 Å². The van der Waals surface area contributed by atoms with E-state index in [4.69, 9.17) is 0 Å². The summed E-state index contributed by atoms with van der Waals surface area (Å²) < 4.78 is 1.89. The van der Waals surface area contributed by atoms with Crippen LogP contribution >= 0.6 is 0 Å². The van der Waals surface area contributed by atoms with E-state index in [1.807, 2.05) is 27.8 Å². The third-order valence-electron chi connectivity index (χ3n) is 3.92. The van der Waals surface area contributed by atoms with Gasteiger partial charge in [0.05, 0.1) is 0 Å². The van der Waals surface area contributed by atoms with Gasteiger partial charge in [0.1, 0.15) is 12.0 Å². The van der Waals surface area contributed by atoms with E-state index in [2.05, 4.69) is 36.0 Å². The number of hydrogen-bond donors (Lipinski definition) is 0. The van der Waals surface area contributed by atoms with Gasteiger partial charge >= 0.3 is 0 Å². The summed E-state index contributed by atoms with van der Waals surface area (Å²) in [5, 5.41) is 0. The maximum absolute atomic E-state index is 12.4. The van der Waals surface area contributed by atoms with Crippen molar-refractivity contribution in [2.24, 2.45) is 0 Å². The molecule has 2 aromatic rings. The standard InChI is InChI=1S/C16H20N4O/c1-13-3-5-14(6-4-13)20-11-15(17-12-20)16(21)19-9-7-18(2)8-10-19/h3-6,11-12H,7-10H2,1-2H3. The number of likely N-dealkylation sites (N-methyl/N-ethyl adjacent to an activating group) is 1. The summed E-state index contributed by atoms with van der Waals surface area (Å²) in [6, 6.07) is 8.16. The number of carbonyl (C=O) groups is 1. The molecular formula is C16H20N4O. The Morgan fingerprint density at radius 2 is 1.76 bits per heavy atom. The fourth-order valence-electron chi connectivity index (χ4n) is 2.46. The van der Waals surface area contributed by atoms with Crippen LogP contribution in [0.5, 0.6) is 0 Å². The topological polar surface area (TPSA) is 41.4 Å². The van der Waals surface area contributed by atoms with Crippen LogP contribution in [0.3, 0.4) is 0 Å². The lowest BCUT2D eigenvalue weighted by Gasteiger charge is -2.31. The highest BCUT2D eigenvalue weighted by Gasteiger charge is 2.22. The van der Waals surface area contributed by atoms with Gasteiger partial charge in [-0.2, -0.15) is 0 Å². The Morgan fingerprint density at radius 1 is 1.10 bits per heavy atom. The van der Waals surface area contributed by atoms with Crippen molar-refractivity contribution in [3.63, 3.8) is 0 Å². The Balaban J connectivity index is 1.75. The molecule has 0 N–H and O–H groups in total. The minimum atomic E-state index is 0.0222. The summed E-state index contributed by atoms with van der Waals surface area (Å²) >= 11 is 0. The van der Waals surface area contributed by atoms with Crippen LogP contribution < -0.4 is 0 Å². The summed E-state index contributed by atoms with van der Waals surface area (Å²) in [6.07, 6.45) is 3.51. The summed E-state index contributed by atoms with van der Waals surface area (Å²) in [7, 11) is 2.08. The molecule has 5 nitrogen and oxygen atoms in total. The van der Waals surface area contributed by atoms with Gasteiger partial charge in [0.2, 0.25) is 0 Å². The zero-order valence-electron chi connectivity index (χ0n) is 12.5. The second kappa shape index (κ2) is 5.69.